The second kappa shape index (κ2) is 7.12. The van der Waals surface area contributed by atoms with Crippen LogP contribution < -0.4 is 0 Å². The lowest BCUT2D eigenvalue weighted by Gasteiger charge is -2.21. The van der Waals surface area contributed by atoms with Crippen molar-refractivity contribution in [1.82, 2.24) is 4.31 Å². The summed E-state index contributed by atoms with van der Waals surface area (Å²) in [6.07, 6.45) is 3.02. The van der Waals surface area contributed by atoms with Gasteiger partial charge in [-0.05, 0) is 48.8 Å². The van der Waals surface area contributed by atoms with E-state index in [1.165, 1.54) is 0 Å². The minimum Gasteiger partial charge on any atom is -0.207 e. The lowest BCUT2D eigenvalue weighted by atomic mass is 9.89. The van der Waals surface area contributed by atoms with Crippen LogP contribution in [0.25, 0.3) is 0 Å². The average molecular weight is 330 g/mol. The summed E-state index contributed by atoms with van der Waals surface area (Å²) in [7, 11) is -3.37. The van der Waals surface area contributed by atoms with Gasteiger partial charge in [-0.25, -0.2) is 8.42 Å². The number of rotatable bonds is 4. The van der Waals surface area contributed by atoms with Crippen LogP contribution in [0, 0.1) is 11.8 Å². The second-order valence-electron chi connectivity index (χ2n) is 6.12. The van der Waals surface area contributed by atoms with Crippen LogP contribution in [0.2, 0.25) is 0 Å². The molecule has 1 aromatic rings. The first-order chi connectivity index (χ1) is 9.95. The summed E-state index contributed by atoms with van der Waals surface area (Å²) in [6, 6.07) is 6.90. The van der Waals surface area contributed by atoms with Gasteiger partial charge in [0.2, 0.25) is 10.0 Å². The van der Waals surface area contributed by atoms with Gasteiger partial charge in [0, 0.05) is 19.0 Å². The fraction of sp³-hybridized carbons (Fsp3) is 0.625. The SMILES string of the molecule is CC(C)C1CCCN(S(=O)(=O)c2ccc(CCl)cc2)CC1. The zero-order valence-electron chi connectivity index (χ0n) is 12.8. The van der Waals surface area contributed by atoms with E-state index in [1.54, 1.807) is 28.6 Å². The molecule has 1 saturated heterocycles. The van der Waals surface area contributed by atoms with Crippen LogP contribution in [0.15, 0.2) is 29.2 Å². The average Bonchev–Trinajstić information content (AvgIpc) is 2.73. The van der Waals surface area contributed by atoms with Crippen molar-refractivity contribution >= 4 is 21.6 Å². The molecule has 1 fully saturated rings. The van der Waals surface area contributed by atoms with Gasteiger partial charge in [0.05, 0.1) is 4.90 Å². The van der Waals surface area contributed by atoms with Gasteiger partial charge in [-0.15, -0.1) is 11.6 Å². The van der Waals surface area contributed by atoms with E-state index in [-0.39, 0.29) is 0 Å². The fourth-order valence-corrected chi connectivity index (χ4v) is 4.57. The van der Waals surface area contributed by atoms with Gasteiger partial charge in [0.1, 0.15) is 0 Å². The number of benzene rings is 1. The Hall–Kier alpha value is -0.580. The van der Waals surface area contributed by atoms with E-state index in [0.717, 1.165) is 24.8 Å². The highest BCUT2D eigenvalue weighted by atomic mass is 35.5. The molecule has 0 radical (unpaired) electrons. The van der Waals surface area contributed by atoms with E-state index in [4.69, 9.17) is 11.6 Å². The van der Waals surface area contributed by atoms with E-state index in [0.29, 0.717) is 35.7 Å². The Kier molecular flexibility index (Phi) is 5.69. The second-order valence-corrected chi connectivity index (χ2v) is 8.32. The molecule has 1 aromatic carbocycles. The Morgan fingerprint density at radius 1 is 1.19 bits per heavy atom. The third-order valence-electron chi connectivity index (χ3n) is 4.39. The number of hydrogen-bond acceptors (Lipinski definition) is 2. The molecule has 0 bridgehead atoms. The molecule has 5 heteroatoms. The highest BCUT2D eigenvalue weighted by Gasteiger charge is 2.28. The van der Waals surface area contributed by atoms with Crippen LogP contribution >= 0.6 is 11.6 Å². The minimum absolute atomic E-state index is 0.374. The molecule has 0 spiro atoms. The van der Waals surface area contributed by atoms with Crippen LogP contribution in [0.4, 0.5) is 0 Å². The third kappa shape index (κ3) is 3.99. The van der Waals surface area contributed by atoms with Crippen molar-refractivity contribution in [3.63, 3.8) is 0 Å². The fourth-order valence-electron chi connectivity index (χ4n) is 2.90. The predicted octanol–water partition coefficient (Wildman–Crippen LogP) is 3.87. The molecular weight excluding hydrogens is 306 g/mol. The molecule has 1 unspecified atom stereocenters. The maximum atomic E-state index is 12.7. The van der Waals surface area contributed by atoms with Crippen molar-refractivity contribution in [1.29, 1.82) is 0 Å². The first kappa shape index (κ1) is 16.8. The van der Waals surface area contributed by atoms with Crippen LogP contribution in [0.3, 0.4) is 0 Å². The zero-order valence-corrected chi connectivity index (χ0v) is 14.3. The van der Waals surface area contributed by atoms with Gasteiger partial charge in [-0.3, -0.25) is 0 Å². The summed E-state index contributed by atoms with van der Waals surface area (Å²) in [6.45, 7) is 5.70. The Morgan fingerprint density at radius 2 is 1.86 bits per heavy atom. The van der Waals surface area contributed by atoms with Crippen molar-refractivity contribution in [3.05, 3.63) is 29.8 Å². The lowest BCUT2D eigenvalue weighted by Crippen LogP contribution is -2.32. The first-order valence-corrected chi connectivity index (χ1v) is 9.57. The van der Waals surface area contributed by atoms with E-state index in [9.17, 15) is 8.42 Å². The Labute approximate surface area is 133 Å². The van der Waals surface area contributed by atoms with Crippen molar-refractivity contribution in [2.75, 3.05) is 13.1 Å². The van der Waals surface area contributed by atoms with Crippen molar-refractivity contribution < 1.29 is 8.42 Å². The molecule has 1 aliphatic rings. The molecule has 0 saturated carbocycles. The van der Waals surface area contributed by atoms with Gasteiger partial charge in [0.15, 0.2) is 0 Å². The summed E-state index contributed by atoms with van der Waals surface area (Å²) < 4.78 is 27.1. The molecule has 2 rings (SSSR count). The maximum Gasteiger partial charge on any atom is 0.243 e. The Bertz CT molecular complexity index is 554. The van der Waals surface area contributed by atoms with Crippen molar-refractivity contribution in [2.45, 2.75) is 43.9 Å². The number of alkyl halides is 1. The van der Waals surface area contributed by atoms with Crippen LogP contribution in [-0.4, -0.2) is 25.8 Å². The van der Waals surface area contributed by atoms with E-state index < -0.39 is 10.0 Å². The topological polar surface area (TPSA) is 37.4 Å². The Morgan fingerprint density at radius 3 is 2.43 bits per heavy atom. The van der Waals surface area contributed by atoms with Gasteiger partial charge in [-0.1, -0.05) is 26.0 Å². The molecule has 3 nitrogen and oxygen atoms in total. The molecule has 0 N–H and O–H groups in total. The standard InChI is InChI=1S/C16H24ClNO2S/c1-13(2)15-4-3-10-18(11-9-15)21(19,20)16-7-5-14(12-17)6-8-16/h5-8,13,15H,3-4,9-12H2,1-2H3. The summed E-state index contributed by atoms with van der Waals surface area (Å²) in [5.74, 6) is 1.65. The minimum atomic E-state index is -3.37. The smallest absolute Gasteiger partial charge is 0.207 e. The van der Waals surface area contributed by atoms with Gasteiger partial charge in [-0.2, -0.15) is 4.31 Å². The summed E-state index contributed by atoms with van der Waals surface area (Å²) in [5, 5.41) is 0. The zero-order chi connectivity index (χ0) is 15.5. The van der Waals surface area contributed by atoms with Gasteiger partial charge >= 0.3 is 0 Å². The largest absolute Gasteiger partial charge is 0.243 e. The summed E-state index contributed by atoms with van der Waals surface area (Å²) in [4.78, 5) is 0.374. The normalized spacial score (nSPS) is 21.4. The van der Waals surface area contributed by atoms with Crippen LogP contribution in [-0.2, 0) is 15.9 Å². The van der Waals surface area contributed by atoms with E-state index in [1.807, 2.05) is 0 Å². The molecule has 0 aliphatic carbocycles. The molecule has 118 valence electrons. The molecule has 1 heterocycles. The first-order valence-electron chi connectivity index (χ1n) is 7.60. The van der Waals surface area contributed by atoms with Gasteiger partial charge in [0.25, 0.3) is 0 Å². The van der Waals surface area contributed by atoms with Crippen LogP contribution in [0.5, 0.6) is 0 Å². The third-order valence-corrected chi connectivity index (χ3v) is 6.61. The van der Waals surface area contributed by atoms with Crippen molar-refractivity contribution in [2.24, 2.45) is 11.8 Å². The number of hydrogen-bond donors (Lipinski definition) is 0. The molecule has 1 atom stereocenters. The monoisotopic (exact) mass is 329 g/mol. The Balaban J connectivity index is 2.15. The molecular formula is C16H24ClNO2S. The van der Waals surface area contributed by atoms with Gasteiger partial charge < -0.3 is 0 Å². The van der Waals surface area contributed by atoms with Crippen LogP contribution in [0.1, 0.15) is 38.7 Å². The summed E-state index contributed by atoms with van der Waals surface area (Å²) in [5.41, 5.74) is 0.936. The lowest BCUT2D eigenvalue weighted by molar-refractivity contribution is 0.341. The molecule has 1 aliphatic heterocycles. The molecule has 21 heavy (non-hydrogen) atoms. The predicted molar refractivity (Wildman–Crippen MR) is 86.9 cm³/mol. The highest BCUT2D eigenvalue weighted by molar-refractivity contribution is 7.89. The highest BCUT2D eigenvalue weighted by Crippen LogP contribution is 2.27. The quantitative estimate of drug-likeness (QED) is 0.786. The van der Waals surface area contributed by atoms with E-state index in [2.05, 4.69) is 13.8 Å². The van der Waals surface area contributed by atoms with E-state index >= 15 is 0 Å². The molecule has 0 amide bonds. The number of sulfonamides is 1. The summed E-state index contributed by atoms with van der Waals surface area (Å²) >= 11 is 5.75. The van der Waals surface area contributed by atoms with Crippen molar-refractivity contribution in [3.8, 4) is 0 Å². The number of halogens is 1. The number of nitrogens with zero attached hydrogens (tertiary/aromatic N) is 1. The maximum absolute atomic E-state index is 12.7. The molecule has 0 aromatic heterocycles.